The number of phenolic OH excluding ortho intramolecular Hbond substituents is 1. The van der Waals surface area contributed by atoms with Crippen molar-refractivity contribution >= 4 is 37.9 Å². The highest BCUT2D eigenvalue weighted by Gasteiger charge is 2.49. The highest BCUT2D eigenvalue weighted by molar-refractivity contribution is 7.92. The summed E-state index contributed by atoms with van der Waals surface area (Å²) in [5.41, 5.74) is 0.938. The van der Waals surface area contributed by atoms with E-state index in [9.17, 15) is 23.4 Å². The van der Waals surface area contributed by atoms with Crippen LogP contribution in [0.25, 0.3) is 21.2 Å². The molecule has 0 bridgehead atoms. The summed E-state index contributed by atoms with van der Waals surface area (Å²) in [7, 11) is -3.54. The van der Waals surface area contributed by atoms with Crippen molar-refractivity contribution in [3.8, 4) is 16.2 Å². The first-order valence-corrected chi connectivity index (χ1v) is 11.6. The van der Waals surface area contributed by atoms with Crippen molar-refractivity contribution in [1.29, 1.82) is 0 Å². The third kappa shape index (κ3) is 3.18. The second-order valence-corrected chi connectivity index (χ2v) is 10.8. The Morgan fingerprint density at radius 3 is 2.54 bits per heavy atom. The zero-order chi connectivity index (χ0) is 19.9. The lowest BCUT2D eigenvalue weighted by Crippen LogP contribution is -2.41. The van der Waals surface area contributed by atoms with Gasteiger partial charge in [0.05, 0.1) is 12.2 Å². The zero-order valence-electron chi connectivity index (χ0n) is 15.1. The van der Waals surface area contributed by atoms with E-state index in [1.807, 2.05) is 30.3 Å². The fraction of sp³-hybridized carbons (Fsp3) is 0.286. The first-order valence-electron chi connectivity index (χ1n) is 9.08. The Balaban J connectivity index is 1.79. The predicted molar refractivity (Wildman–Crippen MR) is 110 cm³/mol. The van der Waals surface area contributed by atoms with Crippen LogP contribution in [0.15, 0.2) is 48.5 Å². The largest absolute Gasteiger partial charge is 0.508 e. The maximum atomic E-state index is 12.9. The van der Waals surface area contributed by atoms with Crippen LogP contribution in [0.3, 0.4) is 0 Å². The predicted octanol–water partition coefficient (Wildman–Crippen LogP) is 4.54. The van der Waals surface area contributed by atoms with Gasteiger partial charge in [0.15, 0.2) is 9.84 Å². The zero-order valence-corrected chi connectivity index (χ0v) is 16.7. The van der Waals surface area contributed by atoms with Crippen molar-refractivity contribution < 1.29 is 23.4 Å². The minimum Gasteiger partial charge on any atom is -0.508 e. The highest BCUT2D eigenvalue weighted by Crippen LogP contribution is 2.47. The van der Waals surface area contributed by atoms with E-state index in [-0.39, 0.29) is 11.5 Å². The minimum atomic E-state index is -3.54. The molecule has 7 heteroatoms. The molecule has 146 valence electrons. The standard InChI is InChI=1S/C21H20O5S2/c22-17-6-5-14-11-16(4-3-15(14)12-17)18-7-8-19(27-18)21(13-20(23)24)9-1-2-10-28(21,25)26/h3-8,11-12,22H,1-2,9-10,13H2,(H,23,24)/t21-/m0/s1. The Hall–Kier alpha value is -2.38. The summed E-state index contributed by atoms with van der Waals surface area (Å²) < 4.78 is 24.5. The number of fused-ring (bicyclic) bond motifs is 1. The SMILES string of the molecule is O=C(O)C[C@]1(c2ccc(-c3ccc4cc(O)ccc4c3)s2)CCCCS1(=O)=O. The molecule has 1 fully saturated rings. The van der Waals surface area contributed by atoms with Gasteiger partial charge in [-0.2, -0.15) is 0 Å². The van der Waals surface area contributed by atoms with Gasteiger partial charge < -0.3 is 10.2 Å². The van der Waals surface area contributed by atoms with Gasteiger partial charge in [-0.25, -0.2) is 8.42 Å². The molecule has 2 N–H and O–H groups in total. The molecule has 0 aliphatic carbocycles. The van der Waals surface area contributed by atoms with Crippen molar-refractivity contribution in [3.63, 3.8) is 0 Å². The molecule has 1 saturated heterocycles. The molecule has 1 atom stereocenters. The Labute approximate surface area is 167 Å². The summed E-state index contributed by atoms with van der Waals surface area (Å²) in [6, 6.07) is 14.6. The van der Waals surface area contributed by atoms with E-state index in [0.29, 0.717) is 24.1 Å². The first-order chi connectivity index (χ1) is 13.3. The number of benzene rings is 2. The van der Waals surface area contributed by atoms with Gasteiger partial charge in [0.1, 0.15) is 10.5 Å². The average Bonchev–Trinajstić information content (AvgIpc) is 3.13. The molecule has 5 nitrogen and oxygen atoms in total. The normalized spacial score (nSPS) is 21.6. The third-order valence-corrected chi connectivity index (χ3v) is 9.49. The molecule has 0 spiro atoms. The lowest BCUT2D eigenvalue weighted by atomic mass is 9.95. The molecular weight excluding hydrogens is 396 g/mol. The number of thiophene rings is 1. The molecule has 0 amide bonds. The van der Waals surface area contributed by atoms with E-state index < -0.39 is 27.0 Å². The van der Waals surface area contributed by atoms with Crippen molar-refractivity contribution in [1.82, 2.24) is 0 Å². The Morgan fingerprint density at radius 1 is 1.04 bits per heavy atom. The van der Waals surface area contributed by atoms with Gasteiger partial charge in [-0.05, 0) is 59.5 Å². The van der Waals surface area contributed by atoms with E-state index >= 15 is 0 Å². The van der Waals surface area contributed by atoms with E-state index in [0.717, 1.165) is 21.2 Å². The first kappa shape index (κ1) is 19.0. The number of hydrogen-bond acceptors (Lipinski definition) is 5. The number of sulfone groups is 1. The van der Waals surface area contributed by atoms with Crippen molar-refractivity contribution in [2.75, 3.05) is 5.75 Å². The number of aliphatic carboxylic acids is 1. The molecule has 0 radical (unpaired) electrons. The number of hydrogen-bond donors (Lipinski definition) is 2. The van der Waals surface area contributed by atoms with Gasteiger partial charge in [-0.3, -0.25) is 4.79 Å². The lowest BCUT2D eigenvalue weighted by Gasteiger charge is -2.34. The van der Waals surface area contributed by atoms with Crippen LogP contribution < -0.4 is 0 Å². The summed E-state index contributed by atoms with van der Waals surface area (Å²) in [6.45, 7) is 0. The average molecular weight is 417 g/mol. The molecule has 1 aliphatic rings. The fourth-order valence-corrected chi connectivity index (χ4v) is 7.75. The van der Waals surface area contributed by atoms with Crippen LogP contribution >= 0.6 is 11.3 Å². The molecule has 1 aliphatic heterocycles. The molecule has 1 aromatic heterocycles. The van der Waals surface area contributed by atoms with Crippen molar-refractivity contribution in [2.24, 2.45) is 0 Å². The van der Waals surface area contributed by atoms with E-state index in [4.69, 9.17) is 0 Å². The van der Waals surface area contributed by atoms with Crippen LogP contribution in [0.1, 0.15) is 30.6 Å². The van der Waals surface area contributed by atoms with Crippen LogP contribution in [-0.4, -0.2) is 30.4 Å². The Bertz CT molecular complexity index is 1160. The van der Waals surface area contributed by atoms with Gasteiger partial charge in [-0.15, -0.1) is 11.3 Å². The van der Waals surface area contributed by atoms with Crippen LogP contribution in [0.4, 0.5) is 0 Å². The summed E-state index contributed by atoms with van der Waals surface area (Å²) in [5, 5.41) is 20.9. The summed E-state index contributed by atoms with van der Waals surface area (Å²) in [6.07, 6.45) is 1.24. The second-order valence-electron chi connectivity index (χ2n) is 7.25. The minimum absolute atomic E-state index is 0.0347. The van der Waals surface area contributed by atoms with Gasteiger partial charge in [-0.1, -0.05) is 24.6 Å². The quantitative estimate of drug-likeness (QED) is 0.651. The van der Waals surface area contributed by atoms with Crippen LogP contribution in [0, 0.1) is 0 Å². The van der Waals surface area contributed by atoms with Gasteiger partial charge in [0.2, 0.25) is 0 Å². The van der Waals surface area contributed by atoms with Crippen LogP contribution in [-0.2, 0) is 19.4 Å². The molecule has 0 unspecified atom stereocenters. The topological polar surface area (TPSA) is 91.7 Å². The van der Waals surface area contributed by atoms with Gasteiger partial charge in [0.25, 0.3) is 0 Å². The van der Waals surface area contributed by atoms with Crippen molar-refractivity contribution in [3.05, 3.63) is 53.4 Å². The molecule has 0 saturated carbocycles. The smallest absolute Gasteiger partial charge is 0.305 e. The highest BCUT2D eigenvalue weighted by atomic mass is 32.2. The van der Waals surface area contributed by atoms with E-state index in [1.165, 1.54) is 11.3 Å². The molecule has 3 aromatic rings. The maximum absolute atomic E-state index is 12.9. The number of carbonyl (C=O) groups is 1. The molecule has 28 heavy (non-hydrogen) atoms. The Kier molecular flexibility index (Phi) is 4.67. The Morgan fingerprint density at radius 2 is 1.79 bits per heavy atom. The van der Waals surface area contributed by atoms with Crippen LogP contribution in [0.2, 0.25) is 0 Å². The number of carboxylic acids is 1. The third-order valence-electron chi connectivity index (χ3n) is 5.44. The van der Waals surface area contributed by atoms with Crippen molar-refractivity contribution in [2.45, 2.75) is 30.4 Å². The summed E-state index contributed by atoms with van der Waals surface area (Å²) >= 11 is 1.36. The second kappa shape index (κ2) is 6.90. The molecule has 2 heterocycles. The molecule has 4 rings (SSSR count). The van der Waals surface area contributed by atoms with E-state index in [2.05, 4.69) is 0 Å². The van der Waals surface area contributed by atoms with E-state index in [1.54, 1.807) is 18.2 Å². The number of aromatic hydroxyl groups is 1. The monoisotopic (exact) mass is 416 g/mol. The van der Waals surface area contributed by atoms with Gasteiger partial charge >= 0.3 is 5.97 Å². The summed E-state index contributed by atoms with van der Waals surface area (Å²) in [5.74, 6) is -0.852. The summed E-state index contributed by atoms with van der Waals surface area (Å²) in [4.78, 5) is 13.0. The number of phenols is 1. The maximum Gasteiger partial charge on any atom is 0.305 e. The molecule has 2 aromatic carbocycles. The van der Waals surface area contributed by atoms with Crippen LogP contribution in [0.5, 0.6) is 5.75 Å². The number of carboxylic acid groups (broad SMARTS) is 1. The molecular formula is C21H20O5S2. The fourth-order valence-electron chi connectivity index (χ4n) is 3.98. The lowest BCUT2D eigenvalue weighted by molar-refractivity contribution is -0.137. The number of rotatable bonds is 4. The van der Waals surface area contributed by atoms with Gasteiger partial charge in [0, 0.05) is 9.75 Å².